The first-order chi connectivity index (χ1) is 35.0. The van der Waals surface area contributed by atoms with Crippen molar-refractivity contribution in [3.8, 4) is 0 Å². The Bertz CT molecular complexity index is 1110. The van der Waals surface area contributed by atoms with Crippen molar-refractivity contribution >= 4 is 11.9 Å². The number of carbonyl (C=O) groups is 2. The van der Waals surface area contributed by atoms with Crippen LogP contribution in [-0.4, -0.2) is 47.4 Å². The zero-order valence-electron chi connectivity index (χ0n) is 48.0. The van der Waals surface area contributed by atoms with Crippen LogP contribution < -0.4 is 5.32 Å². The molecule has 3 N–H and O–H groups in total. The Morgan fingerprint density at radius 2 is 0.662 bits per heavy atom. The van der Waals surface area contributed by atoms with E-state index in [1.54, 1.807) is 6.08 Å². The third-order valence-corrected chi connectivity index (χ3v) is 15.0. The number of aliphatic hydroxyl groups excluding tert-OH is 2. The van der Waals surface area contributed by atoms with Crippen LogP contribution in [0.5, 0.6) is 0 Å². The topological polar surface area (TPSA) is 95.9 Å². The maximum Gasteiger partial charge on any atom is 0.305 e. The van der Waals surface area contributed by atoms with Crippen LogP contribution in [0.15, 0.2) is 24.3 Å². The molecule has 71 heavy (non-hydrogen) atoms. The fraction of sp³-hybridized carbons (Fsp3) is 0.908. The first-order valence-corrected chi connectivity index (χ1v) is 32.1. The van der Waals surface area contributed by atoms with E-state index in [2.05, 4.69) is 31.3 Å². The van der Waals surface area contributed by atoms with E-state index in [1.165, 1.54) is 283 Å². The molecule has 2 unspecified atom stereocenters. The standard InChI is InChI=1S/C65H125NO5/c1-3-5-7-9-11-13-15-17-18-19-25-29-32-35-39-43-47-51-55-59-65(70)71-60-56-52-48-44-40-36-33-30-27-24-22-20-21-23-26-28-31-34-38-42-46-50-54-58-64(69)66-62(61-67)63(68)57-53-49-45-41-37-16-14-12-10-8-6-4-2/h17-18,53,57,62-63,67-68H,3-16,19-52,54-56,58-61H2,1-2H3,(H,66,69)/b18-17-,57-53+. The van der Waals surface area contributed by atoms with Crippen molar-refractivity contribution in [1.29, 1.82) is 0 Å². The molecular formula is C65H125NO5. The summed E-state index contributed by atoms with van der Waals surface area (Å²) in [6, 6.07) is -0.626. The number of allylic oxidation sites excluding steroid dienone is 3. The van der Waals surface area contributed by atoms with Gasteiger partial charge in [0.15, 0.2) is 0 Å². The molecule has 2 atom stereocenters. The number of carbonyl (C=O) groups excluding carboxylic acids is 2. The summed E-state index contributed by atoms with van der Waals surface area (Å²) < 4.78 is 5.50. The second kappa shape index (κ2) is 60.9. The molecule has 1 amide bonds. The number of hydrogen-bond acceptors (Lipinski definition) is 5. The van der Waals surface area contributed by atoms with Gasteiger partial charge < -0.3 is 20.3 Å². The molecule has 6 heteroatoms. The zero-order chi connectivity index (χ0) is 51.4. The lowest BCUT2D eigenvalue weighted by molar-refractivity contribution is -0.143. The minimum absolute atomic E-state index is 0.0138. The predicted molar refractivity (Wildman–Crippen MR) is 310 cm³/mol. The molecule has 420 valence electrons. The van der Waals surface area contributed by atoms with E-state index in [0.29, 0.717) is 19.4 Å². The summed E-state index contributed by atoms with van der Waals surface area (Å²) in [5.74, 6) is -0.0531. The van der Waals surface area contributed by atoms with Gasteiger partial charge in [0.2, 0.25) is 5.91 Å². The normalized spacial score (nSPS) is 12.7. The molecule has 0 fully saturated rings. The summed E-state index contributed by atoms with van der Waals surface area (Å²) in [4.78, 5) is 24.5. The Labute approximate surface area is 443 Å². The van der Waals surface area contributed by atoms with Crippen molar-refractivity contribution in [3.63, 3.8) is 0 Å². The van der Waals surface area contributed by atoms with Gasteiger partial charge in [-0.25, -0.2) is 0 Å². The molecule has 0 aromatic rings. The van der Waals surface area contributed by atoms with Crippen LogP contribution in [0.25, 0.3) is 0 Å². The maximum absolute atomic E-state index is 12.4. The van der Waals surface area contributed by atoms with Crippen LogP contribution in [0.4, 0.5) is 0 Å². The van der Waals surface area contributed by atoms with Crippen molar-refractivity contribution in [2.75, 3.05) is 13.2 Å². The van der Waals surface area contributed by atoms with E-state index in [1.807, 2.05) is 6.08 Å². The highest BCUT2D eigenvalue weighted by atomic mass is 16.5. The van der Waals surface area contributed by atoms with E-state index >= 15 is 0 Å². The quantitative estimate of drug-likeness (QED) is 0.0320. The van der Waals surface area contributed by atoms with E-state index in [0.717, 1.165) is 44.9 Å². The van der Waals surface area contributed by atoms with Crippen molar-refractivity contribution in [2.45, 2.75) is 366 Å². The zero-order valence-corrected chi connectivity index (χ0v) is 48.0. The van der Waals surface area contributed by atoms with Crippen LogP contribution >= 0.6 is 0 Å². The van der Waals surface area contributed by atoms with Crippen LogP contribution in [0.3, 0.4) is 0 Å². The monoisotopic (exact) mass is 1000 g/mol. The highest BCUT2D eigenvalue weighted by Gasteiger charge is 2.18. The lowest BCUT2D eigenvalue weighted by atomic mass is 10.0. The Balaban J connectivity index is 3.35. The molecular weight excluding hydrogens is 875 g/mol. The van der Waals surface area contributed by atoms with Crippen LogP contribution in [0.1, 0.15) is 354 Å². The van der Waals surface area contributed by atoms with E-state index in [9.17, 15) is 19.8 Å². The highest BCUT2D eigenvalue weighted by molar-refractivity contribution is 5.76. The summed E-state index contributed by atoms with van der Waals surface area (Å²) in [6.07, 6.45) is 75.2. The van der Waals surface area contributed by atoms with E-state index < -0.39 is 12.1 Å². The number of rotatable bonds is 60. The molecule has 0 spiro atoms. The average molecular weight is 1000 g/mol. The predicted octanol–water partition coefficient (Wildman–Crippen LogP) is 20.2. The number of amides is 1. The third-order valence-electron chi connectivity index (χ3n) is 15.0. The molecule has 0 bridgehead atoms. The number of esters is 1. The lowest BCUT2D eigenvalue weighted by Gasteiger charge is -2.20. The molecule has 0 radical (unpaired) electrons. The van der Waals surface area contributed by atoms with Crippen LogP contribution in [-0.2, 0) is 14.3 Å². The fourth-order valence-electron chi connectivity index (χ4n) is 10.0. The van der Waals surface area contributed by atoms with Gasteiger partial charge in [0.1, 0.15) is 0 Å². The summed E-state index contributed by atoms with van der Waals surface area (Å²) in [6.45, 7) is 4.91. The number of nitrogens with one attached hydrogen (secondary N) is 1. The molecule has 0 rings (SSSR count). The summed E-state index contributed by atoms with van der Waals surface area (Å²) in [5.41, 5.74) is 0. The second-order valence-corrected chi connectivity index (χ2v) is 22.1. The Kier molecular flexibility index (Phi) is 59.5. The summed E-state index contributed by atoms with van der Waals surface area (Å²) in [5, 5.41) is 23.1. The third kappa shape index (κ3) is 57.5. The van der Waals surface area contributed by atoms with E-state index in [-0.39, 0.29) is 18.5 Å². The van der Waals surface area contributed by atoms with Crippen molar-refractivity contribution < 1.29 is 24.5 Å². The Morgan fingerprint density at radius 1 is 0.380 bits per heavy atom. The fourth-order valence-corrected chi connectivity index (χ4v) is 10.0. The van der Waals surface area contributed by atoms with Gasteiger partial charge in [0, 0.05) is 12.8 Å². The minimum atomic E-state index is -0.843. The number of ether oxygens (including phenoxy) is 1. The first kappa shape index (κ1) is 69.3. The maximum atomic E-state index is 12.4. The molecule has 0 aliphatic rings. The molecule has 0 aromatic heterocycles. The van der Waals surface area contributed by atoms with Crippen molar-refractivity contribution in [3.05, 3.63) is 24.3 Å². The van der Waals surface area contributed by atoms with E-state index in [4.69, 9.17) is 4.74 Å². The van der Waals surface area contributed by atoms with Gasteiger partial charge >= 0.3 is 5.97 Å². The molecule has 6 nitrogen and oxygen atoms in total. The SMILES string of the molecule is CCCCCCCC/C=C\CCCCCCCCCCCC(=O)OCCCCCCCCCCCCCCCCCCCCCCCCCC(=O)NC(CO)C(O)/C=C/CCCCCCCCCCCC. The van der Waals surface area contributed by atoms with Crippen LogP contribution in [0, 0.1) is 0 Å². The Morgan fingerprint density at radius 3 is 1.00 bits per heavy atom. The number of aliphatic hydroxyl groups is 2. The first-order valence-electron chi connectivity index (χ1n) is 32.1. The second-order valence-electron chi connectivity index (χ2n) is 22.1. The minimum Gasteiger partial charge on any atom is -0.466 e. The smallest absolute Gasteiger partial charge is 0.305 e. The number of hydrogen-bond donors (Lipinski definition) is 3. The van der Waals surface area contributed by atoms with Gasteiger partial charge in [0.25, 0.3) is 0 Å². The highest BCUT2D eigenvalue weighted by Crippen LogP contribution is 2.18. The molecule has 0 saturated carbocycles. The molecule has 0 aromatic carbocycles. The van der Waals surface area contributed by atoms with Gasteiger partial charge in [-0.15, -0.1) is 0 Å². The van der Waals surface area contributed by atoms with Gasteiger partial charge in [-0.1, -0.05) is 308 Å². The lowest BCUT2D eigenvalue weighted by Crippen LogP contribution is -2.45. The van der Waals surface area contributed by atoms with Gasteiger partial charge in [-0.3, -0.25) is 9.59 Å². The van der Waals surface area contributed by atoms with Crippen LogP contribution in [0.2, 0.25) is 0 Å². The summed E-state index contributed by atoms with van der Waals surface area (Å²) in [7, 11) is 0. The van der Waals surface area contributed by atoms with Gasteiger partial charge in [-0.2, -0.15) is 0 Å². The van der Waals surface area contributed by atoms with Crippen molar-refractivity contribution in [1.82, 2.24) is 5.32 Å². The van der Waals surface area contributed by atoms with Gasteiger partial charge in [0.05, 0.1) is 25.4 Å². The molecule has 0 saturated heterocycles. The summed E-state index contributed by atoms with van der Waals surface area (Å²) >= 11 is 0. The molecule has 0 heterocycles. The molecule has 0 aliphatic carbocycles. The average Bonchev–Trinajstić information content (AvgIpc) is 3.37. The molecule has 0 aliphatic heterocycles. The van der Waals surface area contributed by atoms with Gasteiger partial charge in [-0.05, 0) is 57.8 Å². The van der Waals surface area contributed by atoms with Crippen molar-refractivity contribution in [2.24, 2.45) is 0 Å². The number of unbranched alkanes of at least 4 members (excludes halogenated alkanes) is 47. The largest absolute Gasteiger partial charge is 0.466 e. The Hall–Kier alpha value is -1.66.